The molecule has 0 spiro atoms. The Kier molecular flexibility index (Phi) is 2.63. The maximum absolute atomic E-state index is 9.22. The number of rotatable bonds is 3. The van der Waals surface area contributed by atoms with E-state index in [2.05, 4.69) is 22.5 Å². The van der Waals surface area contributed by atoms with E-state index in [0.29, 0.717) is 18.5 Å². The summed E-state index contributed by atoms with van der Waals surface area (Å²) in [5.41, 5.74) is 0.542. The van der Waals surface area contributed by atoms with Gasteiger partial charge in [0.15, 0.2) is 5.96 Å². The van der Waals surface area contributed by atoms with Crippen LogP contribution in [0.2, 0.25) is 0 Å². The van der Waals surface area contributed by atoms with Crippen molar-refractivity contribution in [2.45, 2.75) is 32.3 Å². The molecule has 1 aliphatic carbocycles. The normalized spacial score (nSPS) is 29.0. The van der Waals surface area contributed by atoms with Gasteiger partial charge in [-0.25, -0.2) is 0 Å². The number of aliphatic hydroxyl groups is 1. The van der Waals surface area contributed by atoms with Crippen LogP contribution in [-0.2, 0) is 0 Å². The maximum Gasteiger partial charge on any atom is 0.191 e. The zero-order chi connectivity index (χ0) is 10.0. The second kappa shape index (κ2) is 3.77. The molecule has 0 saturated heterocycles. The van der Waals surface area contributed by atoms with Crippen LogP contribution in [0, 0.1) is 5.41 Å². The largest absolute Gasteiger partial charge is 0.389 e. The van der Waals surface area contributed by atoms with Crippen molar-refractivity contribution in [3.8, 4) is 0 Å². The summed E-state index contributed by atoms with van der Waals surface area (Å²) in [4.78, 5) is 4.22. The Hall–Kier alpha value is -0.770. The molecule has 1 atom stereocenters. The third kappa shape index (κ3) is 2.18. The van der Waals surface area contributed by atoms with E-state index in [-0.39, 0.29) is 6.10 Å². The SMILES string of the molecule is CCC1(CNC2=NCC(O)CN2)CC1. The molecule has 1 aliphatic heterocycles. The standard InChI is InChI=1S/C10H19N3O/c1-2-10(3-4-10)7-13-9-11-5-8(14)6-12-9/h8,14H,2-7H2,1H3,(H2,11,12,13). The second-order valence-corrected chi connectivity index (χ2v) is 4.43. The van der Waals surface area contributed by atoms with Crippen LogP contribution in [-0.4, -0.2) is 36.8 Å². The van der Waals surface area contributed by atoms with Crippen LogP contribution in [0.15, 0.2) is 4.99 Å². The van der Waals surface area contributed by atoms with E-state index in [1.54, 1.807) is 0 Å². The first-order valence-electron chi connectivity index (χ1n) is 5.44. The number of hydrogen-bond acceptors (Lipinski definition) is 4. The smallest absolute Gasteiger partial charge is 0.191 e. The van der Waals surface area contributed by atoms with Gasteiger partial charge in [-0.2, -0.15) is 0 Å². The first-order valence-corrected chi connectivity index (χ1v) is 5.44. The van der Waals surface area contributed by atoms with Gasteiger partial charge in [-0.1, -0.05) is 6.92 Å². The fourth-order valence-corrected chi connectivity index (χ4v) is 1.75. The highest BCUT2D eigenvalue weighted by atomic mass is 16.3. The molecule has 4 nitrogen and oxygen atoms in total. The van der Waals surface area contributed by atoms with Gasteiger partial charge in [0.25, 0.3) is 0 Å². The zero-order valence-electron chi connectivity index (χ0n) is 8.71. The lowest BCUT2D eigenvalue weighted by molar-refractivity contribution is 0.180. The van der Waals surface area contributed by atoms with Crippen LogP contribution in [0.5, 0.6) is 0 Å². The third-order valence-corrected chi connectivity index (χ3v) is 3.30. The second-order valence-electron chi connectivity index (χ2n) is 4.43. The first-order chi connectivity index (χ1) is 6.74. The Labute approximate surface area is 84.8 Å². The van der Waals surface area contributed by atoms with Crippen molar-refractivity contribution in [1.82, 2.24) is 10.6 Å². The van der Waals surface area contributed by atoms with Crippen molar-refractivity contribution in [3.05, 3.63) is 0 Å². The van der Waals surface area contributed by atoms with Gasteiger partial charge >= 0.3 is 0 Å². The minimum atomic E-state index is -0.318. The monoisotopic (exact) mass is 197 g/mol. The molecule has 2 rings (SSSR count). The van der Waals surface area contributed by atoms with Crippen LogP contribution in [0.4, 0.5) is 0 Å². The molecule has 0 radical (unpaired) electrons. The highest BCUT2D eigenvalue weighted by molar-refractivity contribution is 5.80. The third-order valence-electron chi connectivity index (χ3n) is 3.30. The molecule has 1 fully saturated rings. The molecule has 0 aromatic carbocycles. The molecule has 3 N–H and O–H groups in total. The van der Waals surface area contributed by atoms with Gasteiger partial charge in [0.05, 0.1) is 12.6 Å². The van der Waals surface area contributed by atoms with Crippen molar-refractivity contribution < 1.29 is 5.11 Å². The number of guanidine groups is 1. The Bertz CT molecular complexity index is 236. The molecule has 1 saturated carbocycles. The fraction of sp³-hybridized carbons (Fsp3) is 0.900. The summed E-state index contributed by atoms with van der Waals surface area (Å²) < 4.78 is 0. The molecular formula is C10H19N3O. The van der Waals surface area contributed by atoms with E-state index in [0.717, 1.165) is 12.5 Å². The van der Waals surface area contributed by atoms with Crippen molar-refractivity contribution in [3.63, 3.8) is 0 Å². The Morgan fingerprint density at radius 1 is 1.64 bits per heavy atom. The maximum atomic E-state index is 9.22. The van der Waals surface area contributed by atoms with Crippen LogP contribution in [0.1, 0.15) is 26.2 Å². The molecule has 0 aromatic heterocycles. The topological polar surface area (TPSA) is 56.7 Å². The predicted molar refractivity (Wildman–Crippen MR) is 56.3 cm³/mol. The summed E-state index contributed by atoms with van der Waals surface area (Å²) in [5.74, 6) is 0.857. The number of aliphatic hydroxyl groups excluding tert-OH is 1. The van der Waals surface area contributed by atoms with Crippen molar-refractivity contribution in [2.24, 2.45) is 10.4 Å². The summed E-state index contributed by atoms with van der Waals surface area (Å²) in [5, 5.41) is 15.6. The number of nitrogens with one attached hydrogen (secondary N) is 2. The van der Waals surface area contributed by atoms with Crippen LogP contribution < -0.4 is 10.6 Å². The van der Waals surface area contributed by atoms with Crippen molar-refractivity contribution >= 4 is 5.96 Å². The van der Waals surface area contributed by atoms with Crippen molar-refractivity contribution in [2.75, 3.05) is 19.6 Å². The van der Waals surface area contributed by atoms with Gasteiger partial charge in [-0.15, -0.1) is 0 Å². The van der Waals surface area contributed by atoms with E-state index >= 15 is 0 Å². The molecule has 1 unspecified atom stereocenters. The minimum Gasteiger partial charge on any atom is -0.389 e. The molecule has 4 heteroatoms. The molecule has 1 heterocycles. The molecule has 14 heavy (non-hydrogen) atoms. The van der Waals surface area contributed by atoms with Crippen LogP contribution in [0.25, 0.3) is 0 Å². The highest BCUT2D eigenvalue weighted by Gasteiger charge is 2.40. The van der Waals surface area contributed by atoms with E-state index in [1.807, 2.05) is 0 Å². The molecule has 0 amide bonds. The predicted octanol–water partition coefficient (Wildman–Crippen LogP) is 0.0863. The van der Waals surface area contributed by atoms with E-state index in [9.17, 15) is 5.11 Å². The Balaban J connectivity index is 1.76. The molecule has 2 aliphatic rings. The van der Waals surface area contributed by atoms with Crippen molar-refractivity contribution in [1.29, 1.82) is 0 Å². The average Bonchev–Trinajstić information content (AvgIpc) is 2.98. The summed E-state index contributed by atoms with van der Waals surface area (Å²) in [6, 6.07) is 0. The lowest BCUT2D eigenvalue weighted by atomic mass is 10.0. The summed E-state index contributed by atoms with van der Waals surface area (Å²) in [6.07, 6.45) is 3.61. The highest BCUT2D eigenvalue weighted by Crippen LogP contribution is 2.47. The fourth-order valence-electron chi connectivity index (χ4n) is 1.75. The summed E-state index contributed by atoms with van der Waals surface area (Å²) >= 11 is 0. The Morgan fingerprint density at radius 2 is 2.43 bits per heavy atom. The van der Waals surface area contributed by atoms with Gasteiger partial charge in [0, 0.05) is 13.1 Å². The quantitative estimate of drug-likeness (QED) is 0.601. The molecule has 0 aromatic rings. The lowest BCUT2D eigenvalue weighted by Gasteiger charge is -2.22. The first kappa shape index (κ1) is 9.77. The van der Waals surface area contributed by atoms with Gasteiger partial charge in [0.2, 0.25) is 0 Å². The number of aliphatic imine (C=N–C) groups is 1. The van der Waals surface area contributed by atoms with Gasteiger partial charge in [0.1, 0.15) is 0 Å². The number of β-amino-alcohol motifs (C(OH)–C–C–N with tert-alkyl or cyclic N) is 1. The molecular weight excluding hydrogens is 178 g/mol. The minimum absolute atomic E-state index is 0.318. The van der Waals surface area contributed by atoms with E-state index in [1.165, 1.54) is 19.3 Å². The lowest BCUT2D eigenvalue weighted by Crippen LogP contribution is -2.47. The van der Waals surface area contributed by atoms with Gasteiger partial charge in [-0.3, -0.25) is 4.99 Å². The molecule has 0 bridgehead atoms. The van der Waals surface area contributed by atoms with Gasteiger partial charge in [-0.05, 0) is 24.7 Å². The van der Waals surface area contributed by atoms with Crippen LogP contribution >= 0.6 is 0 Å². The average molecular weight is 197 g/mol. The van der Waals surface area contributed by atoms with Crippen LogP contribution in [0.3, 0.4) is 0 Å². The molecule has 80 valence electrons. The Morgan fingerprint density at radius 3 is 2.93 bits per heavy atom. The van der Waals surface area contributed by atoms with E-state index < -0.39 is 0 Å². The summed E-state index contributed by atoms with van der Waals surface area (Å²) in [6.45, 7) is 4.40. The summed E-state index contributed by atoms with van der Waals surface area (Å²) in [7, 11) is 0. The zero-order valence-corrected chi connectivity index (χ0v) is 8.71. The number of hydrogen-bond donors (Lipinski definition) is 3. The van der Waals surface area contributed by atoms with Gasteiger partial charge < -0.3 is 15.7 Å². The van der Waals surface area contributed by atoms with E-state index in [4.69, 9.17) is 0 Å². The number of nitrogens with zero attached hydrogens (tertiary/aromatic N) is 1.